The standard InChI is InChI=1S/C11H23NOS/c1-4-10(2,9-13)7-12-8-11(14-3)5-6-11/h12-13H,4-9H2,1-3H3. The van der Waals surface area contributed by atoms with Crippen LogP contribution in [-0.4, -0.2) is 35.8 Å². The molecule has 1 saturated carbocycles. The summed E-state index contributed by atoms with van der Waals surface area (Å²) in [6, 6.07) is 0. The molecule has 14 heavy (non-hydrogen) atoms. The second-order valence-corrected chi connectivity index (χ2v) is 6.09. The molecule has 1 aliphatic rings. The highest BCUT2D eigenvalue weighted by Gasteiger charge is 2.41. The molecule has 0 bridgehead atoms. The fraction of sp³-hybridized carbons (Fsp3) is 1.00. The second-order valence-electron chi connectivity index (χ2n) is 4.81. The van der Waals surface area contributed by atoms with Crippen molar-refractivity contribution in [1.29, 1.82) is 0 Å². The molecule has 1 aliphatic carbocycles. The van der Waals surface area contributed by atoms with Crippen molar-refractivity contribution in [3.8, 4) is 0 Å². The van der Waals surface area contributed by atoms with Crippen molar-refractivity contribution in [3.05, 3.63) is 0 Å². The number of hydrogen-bond acceptors (Lipinski definition) is 3. The Balaban J connectivity index is 2.20. The molecule has 0 radical (unpaired) electrons. The topological polar surface area (TPSA) is 32.3 Å². The van der Waals surface area contributed by atoms with E-state index in [2.05, 4.69) is 25.4 Å². The summed E-state index contributed by atoms with van der Waals surface area (Å²) >= 11 is 1.98. The van der Waals surface area contributed by atoms with Crippen LogP contribution < -0.4 is 5.32 Å². The van der Waals surface area contributed by atoms with E-state index < -0.39 is 0 Å². The molecule has 2 N–H and O–H groups in total. The van der Waals surface area contributed by atoms with E-state index in [0.717, 1.165) is 19.5 Å². The van der Waals surface area contributed by atoms with Crippen LogP contribution in [0.15, 0.2) is 0 Å². The first-order chi connectivity index (χ1) is 6.60. The number of aliphatic hydroxyl groups is 1. The molecular weight excluding hydrogens is 194 g/mol. The maximum Gasteiger partial charge on any atom is 0.0496 e. The van der Waals surface area contributed by atoms with Gasteiger partial charge in [0, 0.05) is 29.9 Å². The van der Waals surface area contributed by atoms with Crippen LogP contribution in [0.1, 0.15) is 33.1 Å². The highest BCUT2D eigenvalue weighted by molar-refractivity contribution is 8.00. The summed E-state index contributed by atoms with van der Waals surface area (Å²) in [7, 11) is 0. The van der Waals surface area contributed by atoms with Gasteiger partial charge in [-0.15, -0.1) is 0 Å². The Bertz CT molecular complexity index is 176. The van der Waals surface area contributed by atoms with E-state index in [1.807, 2.05) is 11.8 Å². The Hall–Kier alpha value is 0.270. The molecule has 0 amide bonds. The molecule has 1 rings (SSSR count). The Morgan fingerprint density at radius 3 is 2.50 bits per heavy atom. The van der Waals surface area contributed by atoms with E-state index in [1.54, 1.807) is 0 Å². The van der Waals surface area contributed by atoms with E-state index in [4.69, 9.17) is 0 Å². The van der Waals surface area contributed by atoms with E-state index in [1.165, 1.54) is 12.8 Å². The van der Waals surface area contributed by atoms with Gasteiger partial charge >= 0.3 is 0 Å². The molecule has 1 fully saturated rings. The fourth-order valence-electron chi connectivity index (χ4n) is 1.48. The van der Waals surface area contributed by atoms with Gasteiger partial charge in [-0.2, -0.15) is 11.8 Å². The van der Waals surface area contributed by atoms with E-state index in [0.29, 0.717) is 4.75 Å². The lowest BCUT2D eigenvalue weighted by Crippen LogP contribution is -2.37. The van der Waals surface area contributed by atoms with Gasteiger partial charge in [-0.25, -0.2) is 0 Å². The Kier molecular flexibility index (Phi) is 4.29. The molecular formula is C11H23NOS. The third-order valence-electron chi connectivity index (χ3n) is 3.47. The number of hydrogen-bond donors (Lipinski definition) is 2. The zero-order valence-electron chi connectivity index (χ0n) is 9.60. The van der Waals surface area contributed by atoms with Crippen molar-refractivity contribution in [2.75, 3.05) is 26.0 Å². The monoisotopic (exact) mass is 217 g/mol. The molecule has 0 heterocycles. The minimum Gasteiger partial charge on any atom is -0.396 e. The lowest BCUT2D eigenvalue weighted by atomic mass is 9.88. The van der Waals surface area contributed by atoms with Crippen LogP contribution >= 0.6 is 11.8 Å². The lowest BCUT2D eigenvalue weighted by molar-refractivity contribution is 0.135. The molecule has 2 nitrogen and oxygen atoms in total. The summed E-state index contributed by atoms with van der Waals surface area (Å²) in [5.41, 5.74) is 0.0640. The van der Waals surface area contributed by atoms with Gasteiger partial charge in [0.05, 0.1) is 0 Å². The van der Waals surface area contributed by atoms with Crippen LogP contribution in [0.4, 0.5) is 0 Å². The number of thioether (sulfide) groups is 1. The van der Waals surface area contributed by atoms with Crippen molar-refractivity contribution in [3.63, 3.8) is 0 Å². The molecule has 0 aromatic rings. The molecule has 84 valence electrons. The Morgan fingerprint density at radius 1 is 1.50 bits per heavy atom. The van der Waals surface area contributed by atoms with Crippen LogP contribution in [0, 0.1) is 5.41 Å². The highest BCUT2D eigenvalue weighted by Crippen LogP contribution is 2.46. The van der Waals surface area contributed by atoms with Gasteiger partial charge in [0.25, 0.3) is 0 Å². The van der Waals surface area contributed by atoms with Gasteiger partial charge in [0.1, 0.15) is 0 Å². The minimum absolute atomic E-state index is 0.0640. The zero-order chi connectivity index (χ0) is 10.7. The third kappa shape index (κ3) is 3.14. The van der Waals surface area contributed by atoms with E-state index in [9.17, 15) is 5.11 Å². The summed E-state index contributed by atoms with van der Waals surface area (Å²) in [6.07, 6.45) is 5.93. The molecule has 1 unspecified atom stereocenters. The summed E-state index contributed by atoms with van der Waals surface area (Å²) in [5, 5.41) is 12.7. The average Bonchev–Trinajstić information content (AvgIpc) is 2.98. The van der Waals surface area contributed by atoms with Crippen LogP contribution in [0.3, 0.4) is 0 Å². The quantitative estimate of drug-likeness (QED) is 0.683. The predicted molar refractivity (Wildman–Crippen MR) is 63.8 cm³/mol. The lowest BCUT2D eigenvalue weighted by Gasteiger charge is -2.27. The first-order valence-electron chi connectivity index (χ1n) is 5.46. The summed E-state index contributed by atoms with van der Waals surface area (Å²) in [6.45, 7) is 6.59. The van der Waals surface area contributed by atoms with Crippen molar-refractivity contribution in [2.45, 2.75) is 37.9 Å². The average molecular weight is 217 g/mol. The van der Waals surface area contributed by atoms with Crippen LogP contribution in [-0.2, 0) is 0 Å². The van der Waals surface area contributed by atoms with Crippen LogP contribution in [0.25, 0.3) is 0 Å². The smallest absolute Gasteiger partial charge is 0.0496 e. The van der Waals surface area contributed by atoms with E-state index >= 15 is 0 Å². The van der Waals surface area contributed by atoms with Crippen LogP contribution in [0.2, 0.25) is 0 Å². The SMILES string of the molecule is CCC(C)(CO)CNCC1(SC)CC1. The molecule has 0 saturated heterocycles. The maximum absolute atomic E-state index is 9.24. The Morgan fingerprint density at radius 2 is 2.14 bits per heavy atom. The van der Waals surface area contributed by atoms with Crippen LogP contribution in [0.5, 0.6) is 0 Å². The molecule has 0 aliphatic heterocycles. The first-order valence-corrected chi connectivity index (χ1v) is 6.69. The van der Waals surface area contributed by atoms with Gasteiger partial charge < -0.3 is 10.4 Å². The van der Waals surface area contributed by atoms with E-state index in [-0.39, 0.29) is 12.0 Å². The van der Waals surface area contributed by atoms with Gasteiger partial charge in [0.2, 0.25) is 0 Å². The van der Waals surface area contributed by atoms with Gasteiger partial charge in [-0.05, 0) is 25.5 Å². The van der Waals surface area contributed by atoms with Gasteiger partial charge in [-0.3, -0.25) is 0 Å². The summed E-state index contributed by atoms with van der Waals surface area (Å²) in [4.78, 5) is 0. The number of nitrogens with one attached hydrogen (secondary N) is 1. The maximum atomic E-state index is 9.24. The van der Waals surface area contributed by atoms with Crippen molar-refractivity contribution < 1.29 is 5.11 Å². The molecule has 1 atom stereocenters. The molecule has 0 aromatic carbocycles. The first kappa shape index (κ1) is 12.3. The van der Waals surface area contributed by atoms with Crippen molar-refractivity contribution in [2.24, 2.45) is 5.41 Å². The normalized spacial score (nSPS) is 23.1. The van der Waals surface area contributed by atoms with Crippen molar-refractivity contribution in [1.82, 2.24) is 5.32 Å². The number of rotatable bonds is 7. The summed E-state index contributed by atoms with van der Waals surface area (Å²) in [5.74, 6) is 0. The fourth-order valence-corrected chi connectivity index (χ4v) is 2.23. The molecule has 3 heteroatoms. The highest BCUT2D eigenvalue weighted by atomic mass is 32.2. The molecule has 0 aromatic heterocycles. The van der Waals surface area contributed by atoms with Gasteiger partial charge in [0.15, 0.2) is 0 Å². The third-order valence-corrected chi connectivity index (χ3v) is 4.89. The number of aliphatic hydroxyl groups excluding tert-OH is 1. The predicted octanol–water partition coefficient (Wildman–Crippen LogP) is 1.88. The minimum atomic E-state index is 0.0640. The molecule has 0 spiro atoms. The summed E-state index contributed by atoms with van der Waals surface area (Å²) < 4.78 is 0.532. The zero-order valence-corrected chi connectivity index (χ0v) is 10.4. The van der Waals surface area contributed by atoms with Crippen molar-refractivity contribution >= 4 is 11.8 Å². The Labute approximate surface area is 91.9 Å². The second kappa shape index (κ2) is 4.86. The largest absolute Gasteiger partial charge is 0.396 e. The van der Waals surface area contributed by atoms with Gasteiger partial charge in [-0.1, -0.05) is 13.8 Å².